The number of carbonyl (C=O) groups is 1. The third kappa shape index (κ3) is 4.74. The van der Waals surface area contributed by atoms with Gasteiger partial charge in [0.1, 0.15) is 18.0 Å². The van der Waals surface area contributed by atoms with Gasteiger partial charge in [0.05, 0.1) is 24.0 Å². The van der Waals surface area contributed by atoms with E-state index in [0.29, 0.717) is 24.4 Å². The van der Waals surface area contributed by atoms with Crippen molar-refractivity contribution in [2.75, 3.05) is 17.9 Å². The third-order valence-electron chi connectivity index (χ3n) is 5.79. The number of fused-ring (bicyclic) bond motifs is 3. The van der Waals surface area contributed by atoms with Crippen LogP contribution in [0.1, 0.15) is 37.7 Å². The number of hydrogen-bond donors (Lipinski definition) is 3. The summed E-state index contributed by atoms with van der Waals surface area (Å²) in [5.74, 6) is 0.442. The van der Waals surface area contributed by atoms with Gasteiger partial charge in [-0.25, -0.2) is 8.42 Å². The highest BCUT2D eigenvalue weighted by atomic mass is 32.2. The first kappa shape index (κ1) is 22.6. The van der Waals surface area contributed by atoms with Crippen LogP contribution in [-0.2, 0) is 19.6 Å². The molecule has 4 atom stereocenters. The number of hydrogen-bond acceptors (Lipinski definition) is 6. The van der Waals surface area contributed by atoms with Gasteiger partial charge < -0.3 is 19.9 Å². The Morgan fingerprint density at radius 3 is 2.69 bits per heavy atom. The first-order valence-corrected chi connectivity index (χ1v) is 12.3. The molecule has 8 nitrogen and oxygen atoms in total. The average Bonchev–Trinajstić information content (AvgIpc) is 3.15. The van der Waals surface area contributed by atoms with Crippen LogP contribution in [0, 0.1) is 0 Å². The molecule has 0 radical (unpaired) electrons. The highest BCUT2D eigenvalue weighted by Gasteiger charge is 2.46. The fraction of sp³-hybridized carbons (Fsp3) is 0.435. The Labute approximate surface area is 188 Å². The second-order valence-corrected chi connectivity index (χ2v) is 9.81. The molecule has 2 aliphatic heterocycles. The molecule has 1 saturated heterocycles. The number of rotatable bonds is 8. The summed E-state index contributed by atoms with van der Waals surface area (Å²) in [6.07, 6.45) is 0.298. The summed E-state index contributed by atoms with van der Waals surface area (Å²) in [6.45, 7) is 2.37. The topological polar surface area (TPSA) is 114 Å². The molecule has 9 heteroatoms. The zero-order valence-electron chi connectivity index (χ0n) is 17.9. The van der Waals surface area contributed by atoms with Crippen molar-refractivity contribution in [3.05, 3.63) is 54.1 Å². The van der Waals surface area contributed by atoms with E-state index in [9.17, 15) is 18.3 Å². The van der Waals surface area contributed by atoms with E-state index in [2.05, 4.69) is 10.0 Å². The second-order valence-electron chi connectivity index (χ2n) is 8.13. The van der Waals surface area contributed by atoms with Crippen LogP contribution in [0.4, 0.5) is 5.69 Å². The van der Waals surface area contributed by atoms with E-state index < -0.39 is 16.1 Å². The summed E-state index contributed by atoms with van der Waals surface area (Å²) in [4.78, 5) is 12.4. The number of aliphatic hydroxyl groups excluding tert-OH is 1. The Hall–Kier alpha value is -2.62. The number of aliphatic hydroxyl groups is 1. The van der Waals surface area contributed by atoms with Gasteiger partial charge in [-0.05, 0) is 43.2 Å². The van der Waals surface area contributed by atoms with Gasteiger partial charge in [0.15, 0.2) is 0 Å². The highest BCUT2D eigenvalue weighted by molar-refractivity contribution is 7.92. The lowest BCUT2D eigenvalue weighted by atomic mass is 9.84. The molecule has 2 aromatic carbocycles. The number of anilines is 1. The van der Waals surface area contributed by atoms with Crippen molar-refractivity contribution >= 4 is 21.6 Å². The molecule has 1 fully saturated rings. The monoisotopic (exact) mass is 460 g/mol. The van der Waals surface area contributed by atoms with Gasteiger partial charge in [-0.1, -0.05) is 25.1 Å². The predicted octanol–water partition coefficient (Wildman–Crippen LogP) is 2.40. The van der Waals surface area contributed by atoms with Crippen molar-refractivity contribution in [1.82, 2.24) is 5.32 Å². The fourth-order valence-electron chi connectivity index (χ4n) is 4.31. The molecule has 0 spiro atoms. The first-order valence-electron chi connectivity index (χ1n) is 10.8. The minimum Gasteiger partial charge on any atom is -0.487 e. The molecule has 0 bridgehead atoms. The van der Waals surface area contributed by atoms with Crippen molar-refractivity contribution in [2.45, 2.75) is 55.3 Å². The maximum atomic E-state index is 12.7. The van der Waals surface area contributed by atoms with Crippen LogP contribution in [0.2, 0.25) is 0 Å². The first-order chi connectivity index (χ1) is 15.4. The smallest absolute Gasteiger partial charge is 0.261 e. The van der Waals surface area contributed by atoms with Gasteiger partial charge in [0, 0.05) is 23.7 Å². The van der Waals surface area contributed by atoms with E-state index in [4.69, 9.17) is 9.47 Å². The molecule has 0 aliphatic carbocycles. The number of nitrogens with one attached hydrogen (secondary N) is 2. The van der Waals surface area contributed by atoms with Crippen molar-refractivity contribution in [3.63, 3.8) is 0 Å². The Kier molecular flexibility index (Phi) is 6.68. The minimum absolute atomic E-state index is 0.0875. The van der Waals surface area contributed by atoms with Crippen molar-refractivity contribution < 1.29 is 27.8 Å². The maximum Gasteiger partial charge on any atom is 0.261 e. The Balaban J connectivity index is 1.54. The zero-order valence-corrected chi connectivity index (χ0v) is 18.7. The number of sulfonamides is 1. The summed E-state index contributed by atoms with van der Waals surface area (Å²) >= 11 is 0. The van der Waals surface area contributed by atoms with E-state index in [1.807, 2.05) is 6.92 Å². The lowest BCUT2D eigenvalue weighted by Crippen LogP contribution is -2.47. The van der Waals surface area contributed by atoms with Crippen LogP contribution < -0.4 is 14.8 Å². The second kappa shape index (κ2) is 9.48. The molecule has 0 aromatic heterocycles. The minimum atomic E-state index is -3.72. The van der Waals surface area contributed by atoms with Crippen LogP contribution in [0.5, 0.6) is 5.75 Å². The Bertz CT molecular complexity index is 1060. The molecule has 0 unspecified atom stereocenters. The molecule has 2 aliphatic rings. The highest BCUT2D eigenvalue weighted by Crippen LogP contribution is 2.47. The van der Waals surface area contributed by atoms with E-state index in [0.717, 1.165) is 12.0 Å². The summed E-state index contributed by atoms with van der Waals surface area (Å²) in [5.41, 5.74) is 1.28. The Morgan fingerprint density at radius 2 is 1.97 bits per heavy atom. The molecule has 172 valence electrons. The van der Waals surface area contributed by atoms with Gasteiger partial charge in [0.2, 0.25) is 5.91 Å². The van der Waals surface area contributed by atoms with Crippen molar-refractivity contribution in [3.8, 4) is 5.75 Å². The summed E-state index contributed by atoms with van der Waals surface area (Å²) in [5, 5.41) is 12.7. The predicted molar refractivity (Wildman–Crippen MR) is 119 cm³/mol. The van der Waals surface area contributed by atoms with Crippen molar-refractivity contribution in [2.24, 2.45) is 0 Å². The van der Waals surface area contributed by atoms with Crippen LogP contribution in [0.3, 0.4) is 0 Å². The molecule has 2 aromatic rings. The van der Waals surface area contributed by atoms with E-state index in [1.165, 1.54) is 12.1 Å². The molecule has 0 saturated carbocycles. The standard InChI is InChI=1S/C23H28N2O6S/c1-2-10-24-22(27)13-16-12-19-18-11-15(25-32(28,29)17-6-4-3-5-7-17)8-9-20(18)31-23(19)21(14-26)30-16/h3-9,11,16,19,21,23,25-26H,2,10,12-14H2,1H3,(H,24,27)/t16-,19-,21+,23+/m0/s1. The normalized spacial score (nSPS) is 24.2. The number of amides is 1. The largest absolute Gasteiger partial charge is 0.487 e. The molecule has 2 heterocycles. The lowest BCUT2D eigenvalue weighted by Gasteiger charge is -2.37. The van der Waals surface area contributed by atoms with Crippen LogP contribution in [0.25, 0.3) is 0 Å². The van der Waals surface area contributed by atoms with Gasteiger partial charge in [0.25, 0.3) is 10.0 Å². The summed E-state index contributed by atoms with van der Waals surface area (Å²) in [6, 6.07) is 13.3. The quantitative estimate of drug-likeness (QED) is 0.557. The average molecular weight is 461 g/mol. The van der Waals surface area contributed by atoms with Gasteiger partial charge in [-0.3, -0.25) is 9.52 Å². The molecule has 1 amide bonds. The van der Waals surface area contributed by atoms with Crippen LogP contribution >= 0.6 is 0 Å². The third-order valence-corrected chi connectivity index (χ3v) is 7.19. The summed E-state index contributed by atoms with van der Waals surface area (Å²) < 4.78 is 40.0. The van der Waals surface area contributed by atoms with Crippen LogP contribution in [-0.4, -0.2) is 50.9 Å². The van der Waals surface area contributed by atoms with Gasteiger partial charge >= 0.3 is 0 Å². The Morgan fingerprint density at radius 1 is 1.19 bits per heavy atom. The molecular weight excluding hydrogens is 432 g/mol. The van der Waals surface area contributed by atoms with Crippen LogP contribution in [0.15, 0.2) is 53.4 Å². The number of benzene rings is 2. The number of ether oxygens (including phenoxy) is 2. The SMILES string of the molecule is CCCNC(=O)C[C@@H]1C[C@H]2c3cc(NS(=O)(=O)c4ccccc4)ccc3O[C@H]2[C@@H](CO)O1. The zero-order chi connectivity index (χ0) is 22.7. The maximum absolute atomic E-state index is 12.7. The fourth-order valence-corrected chi connectivity index (χ4v) is 5.38. The molecule has 4 rings (SSSR count). The molecule has 32 heavy (non-hydrogen) atoms. The van der Waals surface area contributed by atoms with Gasteiger partial charge in [-0.2, -0.15) is 0 Å². The molecule has 3 N–H and O–H groups in total. The van der Waals surface area contributed by atoms with E-state index in [1.54, 1.807) is 36.4 Å². The van der Waals surface area contributed by atoms with E-state index >= 15 is 0 Å². The number of carbonyl (C=O) groups excluding carboxylic acids is 1. The summed E-state index contributed by atoms with van der Waals surface area (Å²) in [7, 11) is -3.72. The van der Waals surface area contributed by atoms with Gasteiger partial charge in [-0.15, -0.1) is 0 Å². The van der Waals surface area contributed by atoms with Crippen molar-refractivity contribution in [1.29, 1.82) is 0 Å². The lowest BCUT2D eigenvalue weighted by molar-refractivity contribution is -0.142. The molecular formula is C23H28N2O6S. The van der Waals surface area contributed by atoms with E-state index in [-0.39, 0.29) is 42.0 Å².